The first-order valence-electron chi connectivity index (χ1n) is 20.1. The van der Waals surface area contributed by atoms with Crippen molar-refractivity contribution in [1.82, 2.24) is 39.8 Å². The Balaban J connectivity index is 0.991. The van der Waals surface area contributed by atoms with E-state index in [0.29, 0.717) is 48.1 Å². The molecular formula is C43H51N9O7S. The third kappa shape index (κ3) is 9.30. The molecular weight excluding hydrogens is 787 g/mol. The van der Waals surface area contributed by atoms with E-state index in [4.69, 9.17) is 9.47 Å². The molecule has 17 heteroatoms. The molecule has 2 aromatic carbocycles. The highest BCUT2D eigenvalue weighted by molar-refractivity contribution is 7.20. The molecule has 4 N–H and O–H groups in total. The van der Waals surface area contributed by atoms with Gasteiger partial charge in [0.15, 0.2) is 10.8 Å². The molecule has 0 radical (unpaired) electrons. The van der Waals surface area contributed by atoms with E-state index < -0.39 is 41.8 Å². The van der Waals surface area contributed by atoms with Gasteiger partial charge in [-0.2, -0.15) is 0 Å². The maximum atomic E-state index is 14.0. The summed E-state index contributed by atoms with van der Waals surface area (Å²) in [5.74, 6) is 0.0438. The molecule has 2 saturated heterocycles. The van der Waals surface area contributed by atoms with Gasteiger partial charge in [-0.3, -0.25) is 18.8 Å². The molecule has 7 rings (SSSR count). The quantitative estimate of drug-likeness (QED) is 0.112. The molecule has 3 aromatic heterocycles. The zero-order chi connectivity index (χ0) is 42.7. The topological polar surface area (TPSA) is 192 Å². The molecule has 0 bridgehead atoms. The van der Waals surface area contributed by atoms with Gasteiger partial charge in [0.2, 0.25) is 11.8 Å². The van der Waals surface area contributed by atoms with Gasteiger partial charge in [-0.05, 0) is 69.1 Å². The zero-order valence-electron chi connectivity index (χ0n) is 34.6. The van der Waals surface area contributed by atoms with Gasteiger partial charge in [-0.15, -0.1) is 0 Å². The van der Waals surface area contributed by atoms with Crippen LogP contribution in [0.4, 0.5) is 15.4 Å². The van der Waals surface area contributed by atoms with Crippen molar-refractivity contribution in [3.8, 4) is 21.7 Å². The first-order valence-corrected chi connectivity index (χ1v) is 21.0. The summed E-state index contributed by atoms with van der Waals surface area (Å²) < 4.78 is 12.1. The fourth-order valence-corrected chi connectivity index (χ4v) is 8.66. The van der Waals surface area contributed by atoms with Crippen LogP contribution in [0.15, 0.2) is 73.2 Å². The molecule has 5 amide bonds. The molecule has 0 spiro atoms. The van der Waals surface area contributed by atoms with Crippen LogP contribution in [0.1, 0.15) is 83.8 Å². The van der Waals surface area contributed by atoms with Crippen LogP contribution in [-0.4, -0.2) is 96.9 Å². The van der Waals surface area contributed by atoms with E-state index in [2.05, 4.69) is 30.9 Å². The second-order valence-electron chi connectivity index (χ2n) is 16.4. The molecule has 5 aromatic rings. The molecule has 2 aliphatic rings. The SMILES string of the molecule is COC(=O)N[C@H](C(=O)N1CCC[C@H]1c1ncc(-c2ccc(-c3cn4cc(NC(=O)[C@@H]5CCCN5C(=O)[C@@H](NC(=O)OC(C)(C)C)c5ccccc5)nc4s3)cc2)[nH]1)C(C)C. The van der Waals surface area contributed by atoms with Crippen LogP contribution in [0.5, 0.6) is 0 Å². The van der Waals surface area contributed by atoms with Gasteiger partial charge in [-0.25, -0.2) is 19.6 Å². The highest BCUT2D eigenvalue weighted by Crippen LogP contribution is 2.35. The number of alkyl carbamates (subject to hydrolysis) is 2. The summed E-state index contributed by atoms with van der Waals surface area (Å²) in [6.45, 7) is 9.97. The second kappa shape index (κ2) is 17.6. The van der Waals surface area contributed by atoms with Crippen LogP contribution < -0.4 is 16.0 Å². The van der Waals surface area contributed by atoms with Crippen LogP contribution in [-0.2, 0) is 23.9 Å². The average molecular weight is 838 g/mol. The maximum absolute atomic E-state index is 14.0. The number of carbonyl (C=O) groups excluding carboxylic acids is 5. The van der Waals surface area contributed by atoms with Crippen LogP contribution in [0.3, 0.4) is 0 Å². The molecule has 0 saturated carbocycles. The molecule has 5 heterocycles. The molecule has 16 nitrogen and oxygen atoms in total. The van der Waals surface area contributed by atoms with E-state index in [0.717, 1.165) is 34.5 Å². The van der Waals surface area contributed by atoms with Crippen molar-refractivity contribution in [1.29, 1.82) is 0 Å². The Morgan fingerprint density at radius 1 is 0.867 bits per heavy atom. The average Bonchev–Trinajstić information content (AvgIpc) is 4.07. The number of anilines is 1. The van der Waals surface area contributed by atoms with Crippen molar-refractivity contribution < 1.29 is 33.4 Å². The number of hydrogen-bond donors (Lipinski definition) is 4. The molecule has 0 aliphatic carbocycles. The maximum Gasteiger partial charge on any atom is 0.408 e. The Kier molecular flexibility index (Phi) is 12.3. The fourth-order valence-electron chi connectivity index (χ4n) is 7.69. The fraction of sp³-hybridized carbons (Fsp3) is 0.419. The number of carbonyl (C=O) groups is 5. The normalized spacial score (nSPS) is 17.7. The van der Waals surface area contributed by atoms with Crippen molar-refractivity contribution in [3.05, 3.63) is 84.6 Å². The molecule has 316 valence electrons. The van der Waals surface area contributed by atoms with Gasteiger partial charge in [-0.1, -0.05) is 79.8 Å². The minimum Gasteiger partial charge on any atom is -0.453 e. The Morgan fingerprint density at radius 3 is 2.25 bits per heavy atom. The number of thiazole rings is 1. The van der Waals surface area contributed by atoms with Crippen LogP contribution in [0, 0.1) is 5.92 Å². The van der Waals surface area contributed by atoms with Crippen molar-refractivity contribution >= 4 is 52.0 Å². The molecule has 0 unspecified atom stereocenters. The number of amides is 5. The Morgan fingerprint density at radius 2 is 1.57 bits per heavy atom. The van der Waals surface area contributed by atoms with E-state index in [9.17, 15) is 24.0 Å². The Bertz CT molecular complexity index is 2320. The number of likely N-dealkylation sites (tertiary alicyclic amines) is 2. The van der Waals surface area contributed by atoms with Gasteiger partial charge in [0.1, 0.15) is 29.6 Å². The molecule has 60 heavy (non-hydrogen) atoms. The number of methoxy groups -OCH3 is 1. The first-order chi connectivity index (χ1) is 28.7. The van der Waals surface area contributed by atoms with E-state index in [1.165, 1.54) is 23.3 Å². The number of benzene rings is 2. The highest BCUT2D eigenvalue weighted by atomic mass is 32.1. The van der Waals surface area contributed by atoms with Gasteiger partial charge in [0.25, 0.3) is 5.91 Å². The van der Waals surface area contributed by atoms with Crippen LogP contribution >= 0.6 is 11.3 Å². The largest absolute Gasteiger partial charge is 0.453 e. The second-order valence-corrected chi connectivity index (χ2v) is 17.4. The lowest BCUT2D eigenvalue weighted by atomic mass is 10.0. The van der Waals surface area contributed by atoms with Crippen LogP contribution in [0.2, 0.25) is 0 Å². The minimum atomic E-state index is -1.03. The van der Waals surface area contributed by atoms with Crippen molar-refractivity contribution in [2.45, 2.75) is 90.1 Å². The van der Waals surface area contributed by atoms with E-state index in [-0.39, 0.29) is 23.8 Å². The Hall–Kier alpha value is -6.23. The predicted octanol–water partition coefficient (Wildman–Crippen LogP) is 6.69. The highest BCUT2D eigenvalue weighted by Gasteiger charge is 2.40. The number of imidazole rings is 2. The van der Waals surface area contributed by atoms with Gasteiger partial charge in [0.05, 0.1) is 36.1 Å². The standard InChI is InChI=1S/C43H51N9O7S/c1-25(2)34(48-41(56)58-6)38(54)51-20-10-14-30(51)36-44-22-29(45-36)26-16-18-27(19-17-26)32-23-50-24-33(47-40(50)60-32)46-37(53)31-15-11-21-52(31)39(55)35(28-12-8-7-9-13-28)49-42(57)59-43(3,4)5/h7-9,12-13,16-19,22-25,30-31,34-35H,10-11,14-15,20-21H2,1-6H3,(H,44,45)(H,46,53)(H,48,56)(H,49,57)/t30-,31-,34-,35-/m0/s1. The predicted molar refractivity (Wildman–Crippen MR) is 226 cm³/mol. The number of nitrogens with zero attached hydrogens (tertiary/aromatic N) is 5. The van der Waals surface area contributed by atoms with Gasteiger partial charge >= 0.3 is 12.2 Å². The number of aromatic amines is 1. The number of hydrogen-bond acceptors (Lipinski definition) is 10. The third-order valence-corrected chi connectivity index (χ3v) is 11.7. The monoisotopic (exact) mass is 837 g/mol. The van der Waals surface area contributed by atoms with E-state index in [1.807, 2.05) is 54.8 Å². The lowest BCUT2D eigenvalue weighted by Crippen LogP contribution is -2.51. The van der Waals surface area contributed by atoms with Gasteiger partial charge < -0.3 is 40.2 Å². The summed E-state index contributed by atoms with van der Waals surface area (Å²) in [6.07, 6.45) is 6.81. The van der Waals surface area contributed by atoms with Crippen molar-refractivity contribution in [3.63, 3.8) is 0 Å². The number of rotatable bonds is 11. The molecule has 2 fully saturated rings. The summed E-state index contributed by atoms with van der Waals surface area (Å²) in [5.41, 5.74) is 2.57. The van der Waals surface area contributed by atoms with E-state index >= 15 is 0 Å². The van der Waals surface area contributed by atoms with Crippen LogP contribution in [0.25, 0.3) is 26.7 Å². The minimum absolute atomic E-state index is 0.122. The number of aromatic nitrogens is 4. The summed E-state index contributed by atoms with van der Waals surface area (Å²) in [5, 5.41) is 8.31. The summed E-state index contributed by atoms with van der Waals surface area (Å²) in [4.78, 5) is 83.6. The Labute approximate surface area is 352 Å². The smallest absolute Gasteiger partial charge is 0.408 e. The zero-order valence-corrected chi connectivity index (χ0v) is 35.4. The first kappa shape index (κ1) is 41.9. The number of H-pyrrole nitrogens is 1. The summed E-state index contributed by atoms with van der Waals surface area (Å²) in [7, 11) is 1.28. The van der Waals surface area contributed by atoms with Gasteiger partial charge in [0, 0.05) is 19.3 Å². The van der Waals surface area contributed by atoms with Crippen molar-refractivity contribution in [2.75, 3.05) is 25.5 Å². The molecule has 4 atom stereocenters. The molecule has 2 aliphatic heterocycles. The third-order valence-electron chi connectivity index (χ3n) is 10.6. The number of fused-ring (bicyclic) bond motifs is 1. The summed E-state index contributed by atoms with van der Waals surface area (Å²) >= 11 is 1.47. The van der Waals surface area contributed by atoms with Crippen molar-refractivity contribution in [2.24, 2.45) is 5.92 Å². The summed E-state index contributed by atoms with van der Waals surface area (Å²) in [6, 6.07) is 14.3. The lowest BCUT2D eigenvalue weighted by molar-refractivity contribution is -0.138. The number of nitrogens with one attached hydrogen (secondary N) is 4. The van der Waals surface area contributed by atoms with E-state index in [1.54, 1.807) is 62.3 Å². The lowest BCUT2D eigenvalue weighted by Gasteiger charge is -2.30. The number of ether oxygens (including phenoxy) is 2.